The van der Waals surface area contributed by atoms with Crippen molar-refractivity contribution in [1.29, 1.82) is 5.26 Å². The first-order valence-corrected chi connectivity index (χ1v) is 9.18. The lowest BCUT2D eigenvalue weighted by molar-refractivity contribution is 0.137. The van der Waals surface area contributed by atoms with Gasteiger partial charge in [0.15, 0.2) is 0 Å². The van der Waals surface area contributed by atoms with Crippen LogP contribution in [0, 0.1) is 28.1 Å². The number of nitrogens with zero attached hydrogens (tertiary/aromatic N) is 1. The summed E-state index contributed by atoms with van der Waals surface area (Å²) in [5.41, 5.74) is 4.01. The molecule has 1 saturated carbocycles. The Hall–Kier alpha value is -2.33. The van der Waals surface area contributed by atoms with E-state index in [4.69, 9.17) is 0 Å². The van der Waals surface area contributed by atoms with Crippen molar-refractivity contribution in [2.45, 2.75) is 40.0 Å². The van der Waals surface area contributed by atoms with Gasteiger partial charge in [0, 0.05) is 6.42 Å². The number of benzene rings is 2. The number of hydrogen-bond acceptors (Lipinski definition) is 1. The fourth-order valence-electron chi connectivity index (χ4n) is 4.24. The zero-order chi connectivity index (χ0) is 17.9. The Balaban J connectivity index is 2.09. The van der Waals surface area contributed by atoms with E-state index < -0.39 is 0 Å². The van der Waals surface area contributed by atoms with Crippen LogP contribution in [0.2, 0.25) is 0 Å². The molecule has 2 aromatic rings. The van der Waals surface area contributed by atoms with Crippen molar-refractivity contribution in [3.8, 4) is 6.07 Å². The second kappa shape index (κ2) is 6.89. The van der Waals surface area contributed by atoms with E-state index >= 15 is 0 Å². The Labute approximate surface area is 152 Å². The van der Waals surface area contributed by atoms with Crippen LogP contribution >= 0.6 is 0 Å². The first-order valence-electron chi connectivity index (χ1n) is 9.18. The number of nitriles is 1. The normalized spacial score (nSPS) is 24.5. The van der Waals surface area contributed by atoms with Crippen molar-refractivity contribution in [3.63, 3.8) is 0 Å². The van der Waals surface area contributed by atoms with Crippen LogP contribution in [-0.4, -0.2) is 0 Å². The smallest absolute Gasteiger partial charge is 0.0624 e. The van der Waals surface area contributed by atoms with Crippen molar-refractivity contribution in [2.24, 2.45) is 16.7 Å². The van der Waals surface area contributed by atoms with Gasteiger partial charge in [-0.1, -0.05) is 87.5 Å². The van der Waals surface area contributed by atoms with Gasteiger partial charge in [-0.05, 0) is 46.3 Å². The standard InChI is InChI=1S/C24H27N/c1-23(2)21(15-17-25)14-16-24(23,3)18-22(19-10-6-4-7-11-19)20-12-8-5-9-13-20/h4-13,18,21H,14-16H2,1-3H3/t21?,24-/m1/s1. The molecule has 0 amide bonds. The Bertz CT molecular complexity index is 738. The van der Waals surface area contributed by atoms with Gasteiger partial charge in [0.2, 0.25) is 0 Å². The molecule has 2 aromatic carbocycles. The van der Waals surface area contributed by atoms with Gasteiger partial charge in [0.05, 0.1) is 6.07 Å². The van der Waals surface area contributed by atoms with E-state index in [-0.39, 0.29) is 10.8 Å². The lowest BCUT2D eigenvalue weighted by Gasteiger charge is -2.40. The van der Waals surface area contributed by atoms with Crippen molar-refractivity contribution < 1.29 is 0 Å². The summed E-state index contributed by atoms with van der Waals surface area (Å²) in [6.07, 6.45) is 5.40. The van der Waals surface area contributed by atoms with Crippen LogP contribution in [0.1, 0.15) is 51.2 Å². The molecule has 25 heavy (non-hydrogen) atoms. The molecule has 0 N–H and O–H groups in total. The zero-order valence-corrected chi connectivity index (χ0v) is 15.5. The molecular formula is C24H27N. The van der Waals surface area contributed by atoms with Gasteiger partial charge in [0.1, 0.15) is 0 Å². The highest BCUT2D eigenvalue weighted by Crippen LogP contribution is 2.58. The van der Waals surface area contributed by atoms with Crippen LogP contribution in [-0.2, 0) is 0 Å². The molecule has 1 nitrogen and oxygen atoms in total. The molecule has 0 heterocycles. The molecule has 1 fully saturated rings. The van der Waals surface area contributed by atoms with Crippen LogP contribution in [0.3, 0.4) is 0 Å². The molecule has 1 unspecified atom stereocenters. The van der Waals surface area contributed by atoms with Crippen LogP contribution in [0.4, 0.5) is 0 Å². The third-order valence-electron chi connectivity index (χ3n) is 6.47. The Kier molecular flexibility index (Phi) is 4.82. The van der Waals surface area contributed by atoms with Gasteiger partial charge in [-0.2, -0.15) is 5.26 Å². The summed E-state index contributed by atoms with van der Waals surface area (Å²) in [7, 11) is 0. The van der Waals surface area contributed by atoms with Gasteiger partial charge in [-0.25, -0.2) is 0 Å². The summed E-state index contributed by atoms with van der Waals surface area (Å²) in [6.45, 7) is 7.05. The highest BCUT2D eigenvalue weighted by molar-refractivity contribution is 5.80. The molecule has 3 rings (SSSR count). The average Bonchev–Trinajstić information content (AvgIpc) is 2.85. The third kappa shape index (κ3) is 3.27. The van der Waals surface area contributed by atoms with Gasteiger partial charge < -0.3 is 0 Å². The van der Waals surface area contributed by atoms with Gasteiger partial charge >= 0.3 is 0 Å². The van der Waals surface area contributed by atoms with Crippen molar-refractivity contribution in [2.75, 3.05) is 0 Å². The van der Waals surface area contributed by atoms with E-state index in [0.29, 0.717) is 12.3 Å². The molecule has 0 bridgehead atoms. The topological polar surface area (TPSA) is 23.8 Å². The summed E-state index contributed by atoms with van der Waals surface area (Å²) in [5, 5.41) is 9.20. The van der Waals surface area contributed by atoms with E-state index in [1.54, 1.807) is 0 Å². The number of allylic oxidation sites excluding steroid dienone is 1. The zero-order valence-electron chi connectivity index (χ0n) is 15.5. The molecule has 1 aliphatic carbocycles. The predicted molar refractivity (Wildman–Crippen MR) is 105 cm³/mol. The van der Waals surface area contributed by atoms with Gasteiger partial charge in [-0.15, -0.1) is 0 Å². The van der Waals surface area contributed by atoms with Crippen molar-refractivity contribution >= 4 is 5.57 Å². The van der Waals surface area contributed by atoms with E-state index in [1.165, 1.54) is 16.7 Å². The fraction of sp³-hybridized carbons (Fsp3) is 0.375. The molecule has 1 heteroatoms. The maximum Gasteiger partial charge on any atom is 0.0624 e. The molecule has 0 aliphatic heterocycles. The SMILES string of the molecule is CC1(C)C(CC#N)CC[C@]1(C)C=C(c1ccccc1)c1ccccc1. The Morgan fingerprint density at radius 1 is 1.00 bits per heavy atom. The summed E-state index contributed by atoms with van der Waals surface area (Å²) >= 11 is 0. The number of hydrogen-bond donors (Lipinski definition) is 0. The van der Waals surface area contributed by atoms with E-state index in [2.05, 4.69) is 93.6 Å². The quantitative estimate of drug-likeness (QED) is 0.630. The Morgan fingerprint density at radius 3 is 2.00 bits per heavy atom. The van der Waals surface area contributed by atoms with Crippen LogP contribution in [0.15, 0.2) is 66.7 Å². The maximum atomic E-state index is 9.20. The summed E-state index contributed by atoms with van der Waals surface area (Å²) in [5.74, 6) is 0.464. The van der Waals surface area contributed by atoms with E-state index in [9.17, 15) is 5.26 Å². The maximum absolute atomic E-state index is 9.20. The van der Waals surface area contributed by atoms with Gasteiger partial charge in [0.25, 0.3) is 0 Å². The second-order valence-electron chi connectivity index (χ2n) is 8.03. The largest absolute Gasteiger partial charge is 0.198 e. The first-order chi connectivity index (χ1) is 12.0. The first kappa shape index (κ1) is 17.5. The second-order valence-corrected chi connectivity index (χ2v) is 8.03. The minimum atomic E-state index is 0.0789. The number of rotatable bonds is 4. The lowest BCUT2D eigenvalue weighted by atomic mass is 9.64. The van der Waals surface area contributed by atoms with E-state index in [0.717, 1.165) is 12.8 Å². The minimum Gasteiger partial charge on any atom is -0.198 e. The monoisotopic (exact) mass is 329 g/mol. The summed E-state index contributed by atoms with van der Waals surface area (Å²) in [6, 6.07) is 23.7. The third-order valence-corrected chi connectivity index (χ3v) is 6.47. The molecule has 0 saturated heterocycles. The van der Waals surface area contributed by atoms with Crippen LogP contribution in [0.5, 0.6) is 0 Å². The molecule has 128 valence electrons. The summed E-state index contributed by atoms with van der Waals surface area (Å²) in [4.78, 5) is 0. The van der Waals surface area contributed by atoms with E-state index in [1.807, 2.05) is 0 Å². The van der Waals surface area contributed by atoms with Crippen LogP contribution in [0.25, 0.3) is 5.57 Å². The molecule has 0 aromatic heterocycles. The molecular weight excluding hydrogens is 302 g/mol. The molecule has 2 atom stereocenters. The van der Waals surface area contributed by atoms with Crippen molar-refractivity contribution in [3.05, 3.63) is 77.9 Å². The Morgan fingerprint density at radius 2 is 1.52 bits per heavy atom. The highest BCUT2D eigenvalue weighted by Gasteiger charge is 2.50. The van der Waals surface area contributed by atoms with Crippen molar-refractivity contribution in [1.82, 2.24) is 0 Å². The molecule has 0 spiro atoms. The molecule has 1 aliphatic rings. The molecule has 0 radical (unpaired) electrons. The minimum absolute atomic E-state index is 0.0789. The lowest BCUT2D eigenvalue weighted by Crippen LogP contribution is -2.32. The van der Waals surface area contributed by atoms with Gasteiger partial charge in [-0.3, -0.25) is 0 Å². The highest BCUT2D eigenvalue weighted by atomic mass is 14.5. The predicted octanol–water partition coefficient (Wildman–Crippen LogP) is 6.47. The summed E-state index contributed by atoms with van der Waals surface area (Å²) < 4.78 is 0. The average molecular weight is 329 g/mol. The van der Waals surface area contributed by atoms with Crippen LogP contribution < -0.4 is 0 Å². The fourth-order valence-corrected chi connectivity index (χ4v) is 4.24.